The molecule has 3 aromatic heterocycles. The topological polar surface area (TPSA) is 107 Å². The number of fused-ring (bicyclic) bond motifs is 8. The van der Waals surface area contributed by atoms with Crippen LogP contribution in [0.15, 0.2) is 60.7 Å². The lowest BCUT2D eigenvalue weighted by Gasteiger charge is -2.14. The second-order valence-electron chi connectivity index (χ2n) is 15.2. The molecular formula is C48H46N6. The number of H-pyrrole nitrogens is 2. The molecule has 0 saturated heterocycles. The number of aryl methyl sites for hydroxylation is 9. The van der Waals surface area contributed by atoms with Crippen LogP contribution in [0.3, 0.4) is 0 Å². The van der Waals surface area contributed by atoms with Crippen molar-refractivity contribution in [3.8, 4) is 33.4 Å². The van der Waals surface area contributed by atoms with Crippen LogP contribution in [0.1, 0.15) is 78.4 Å². The lowest BCUT2D eigenvalue weighted by Crippen LogP contribution is -2.13. The molecule has 0 radical (unpaired) electrons. The summed E-state index contributed by atoms with van der Waals surface area (Å²) >= 11 is 0. The summed E-state index contributed by atoms with van der Waals surface area (Å²) in [6.07, 6.45) is 8.32. The Kier molecular flexibility index (Phi) is 8.37. The van der Waals surface area contributed by atoms with E-state index in [4.69, 9.17) is 21.1 Å². The fourth-order valence-corrected chi connectivity index (χ4v) is 9.00. The molecule has 0 atom stereocenters. The molecule has 0 saturated carbocycles. The SMILES string of the molecule is Cc1cc(C)c(-c2c3nc(c(-c4c(C)cc(C)cc4C)c4ccc([nH]4)c(-c4c(C)cc(C)cc4C)c4nc(c(C(=N)N)c5ccc2[nH]5)C=C4)C=C3)c(C)c1. The summed E-state index contributed by atoms with van der Waals surface area (Å²) < 4.78 is 0. The third kappa shape index (κ3) is 5.79. The molecule has 5 N–H and O–H groups in total. The summed E-state index contributed by atoms with van der Waals surface area (Å²) in [6.45, 7) is 19.5. The van der Waals surface area contributed by atoms with E-state index in [9.17, 15) is 0 Å². The third-order valence-corrected chi connectivity index (χ3v) is 10.8. The Labute approximate surface area is 317 Å². The number of nitrogens with two attached hydrogens (primary N) is 1. The molecule has 6 nitrogen and oxygen atoms in total. The summed E-state index contributed by atoms with van der Waals surface area (Å²) in [5.41, 5.74) is 30.9. The first kappa shape index (κ1) is 34.8. The van der Waals surface area contributed by atoms with Gasteiger partial charge < -0.3 is 15.7 Å². The lowest BCUT2D eigenvalue weighted by atomic mass is 9.92. The van der Waals surface area contributed by atoms with Gasteiger partial charge in [0.05, 0.1) is 33.9 Å². The average Bonchev–Trinajstić information content (AvgIpc) is 3.91. The molecule has 2 aliphatic rings. The average molecular weight is 707 g/mol. The number of benzene rings is 3. The van der Waals surface area contributed by atoms with E-state index in [1.807, 2.05) is 12.1 Å². The molecule has 0 unspecified atom stereocenters. The maximum Gasteiger partial charge on any atom is 0.127 e. The van der Waals surface area contributed by atoms with Gasteiger partial charge in [0.25, 0.3) is 0 Å². The number of nitrogen functional groups attached to an aromatic ring is 1. The Hall–Kier alpha value is -6.27. The zero-order valence-electron chi connectivity index (χ0n) is 32.6. The van der Waals surface area contributed by atoms with E-state index in [-0.39, 0.29) is 5.84 Å². The van der Waals surface area contributed by atoms with Gasteiger partial charge in [0.15, 0.2) is 0 Å². The maximum atomic E-state index is 8.78. The molecule has 0 fully saturated rings. The van der Waals surface area contributed by atoms with E-state index in [1.165, 1.54) is 55.6 Å². The van der Waals surface area contributed by atoms with E-state index in [0.717, 1.165) is 67.0 Å². The first-order chi connectivity index (χ1) is 25.8. The number of amidine groups is 1. The number of nitrogens with zero attached hydrogens (tertiary/aromatic N) is 2. The van der Waals surface area contributed by atoms with Crippen molar-refractivity contribution in [3.63, 3.8) is 0 Å². The first-order valence-corrected chi connectivity index (χ1v) is 18.5. The van der Waals surface area contributed by atoms with Gasteiger partial charge in [-0.15, -0.1) is 0 Å². The van der Waals surface area contributed by atoms with Crippen LogP contribution in [0.2, 0.25) is 0 Å². The molecule has 8 rings (SSSR count). The van der Waals surface area contributed by atoms with Gasteiger partial charge >= 0.3 is 0 Å². The van der Waals surface area contributed by atoms with Crippen LogP contribution in [0.25, 0.3) is 79.8 Å². The van der Waals surface area contributed by atoms with Crippen molar-refractivity contribution < 1.29 is 0 Å². The fourth-order valence-electron chi connectivity index (χ4n) is 9.00. The van der Waals surface area contributed by atoms with Crippen LogP contribution in [0, 0.1) is 67.7 Å². The van der Waals surface area contributed by atoms with E-state index in [1.54, 1.807) is 0 Å². The maximum absolute atomic E-state index is 8.78. The quantitative estimate of drug-likeness (QED) is 0.108. The van der Waals surface area contributed by atoms with E-state index in [0.29, 0.717) is 11.3 Å². The molecule has 5 heterocycles. The molecular weight excluding hydrogens is 661 g/mol. The minimum atomic E-state index is -0.0541. The normalized spacial score (nSPS) is 12.2. The molecule has 6 heteroatoms. The summed E-state index contributed by atoms with van der Waals surface area (Å²) in [6, 6.07) is 21.9. The first-order valence-electron chi connectivity index (χ1n) is 18.5. The van der Waals surface area contributed by atoms with Crippen molar-refractivity contribution >= 4 is 52.2 Å². The van der Waals surface area contributed by atoms with Gasteiger partial charge in [-0.3, -0.25) is 5.41 Å². The molecule has 3 aromatic carbocycles. The number of aromatic amines is 2. The summed E-state index contributed by atoms with van der Waals surface area (Å²) in [5.74, 6) is -0.0541. The summed E-state index contributed by atoms with van der Waals surface area (Å²) in [7, 11) is 0. The van der Waals surface area contributed by atoms with E-state index in [2.05, 4.69) is 145 Å². The van der Waals surface area contributed by atoms with Gasteiger partial charge in [0.1, 0.15) is 5.84 Å². The van der Waals surface area contributed by atoms with Crippen molar-refractivity contribution in [1.82, 2.24) is 19.9 Å². The van der Waals surface area contributed by atoms with Gasteiger partial charge in [-0.05, 0) is 161 Å². The van der Waals surface area contributed by atoms with E-state index < -0.39 is 0 Å². The Morgan fingerprint density at radius 1 is 0.426 bits per heavy atom. The van der Waals surface area contributed by atoms with Crippen LogP contribution in [0.5, 0.6) is 0 Å². The molecule has 8 bridgehead atoms. The van der Waals surface area contributed by atoms with Crippen LogP contribution in [-0.4, -0.2) is 25.8 Å². The van der Waals surface area contributed by atoms with Crippen LogP contribution in [-0.2, 0) is 0 Å². The van der Waals surface area contributed by atoms with Crippen LogP contribution in [0.4, 0.5) is 0 Å². The number of rotatable bonds is 4. The number of aromatic nitrogens is 4. The zero-order chi connectivity index (χ0) is 38.2. The van der Waals surface area contributed by atoms with Crippen molar-refractivity contribution in [1.29, 1.82) is 5.41 Å². The molecule has 0 spiro atoms. The number of hydrogen-bond donors (Lipinski definition) is 4. The minimum absolute atomic E-state index is 0.0541. The molecule has 54 heavy (non-hydrogen) atoms. The Bertz CT molecular complexity index is 2710. The molecule has 0 aliphatic carbocycles. The van der Waals surface area contributed by atoms with Gasteiger partial charge in [0.2, 0.25) is 0 Å². The summed E-state index contributed by atoms with van der Waals surface area (Å²) in [5, 5.41) is 8.78. The van der Waals surface area contributed by atoms with Gasteiger partial charge in [-0.25, -0.2) is 9.97 Å². The van der Waals surface area contributed by atoms with Crippen molar-refractivity contribution in [2.75, 3.05) is 0 Å². The minimum Gasteiger partial charge on any atom is -0.384 e. The van der Waals surface area contributed by atoms with Crippen molar-refractivity contribution in [2.45, 2.75) is 62.3 Å². The third-order valence-electron chi connectivity index (χ3n) is 10.8. The highest BCUT2D eigenvalue weighted by Gasteiger charge is 2.22. The second-order valence-corrected chi connectivity index (χ2v) is 15.2. The predicted octanol–water partition coefficient (Wildman–Crippen LogP) is 11.7. The number of nitrogens with one attached hydrogen (secondary N) is 3. The fraction of sp³-hybridized carbons (Fsp3) is 0.188. The Morgan fingerprint density at radius 2 is 0.704 bits per heavy atom. The smallest absolute Gasteiger partial charge is 0.127 e. The highest BCUT2D eigenvalue weighted by Crippen LogP contribution is 2.41. The van der Waals surface area contributed by atoms with Crippen molar-refractivity contribution in [2.24, 2.45) is 5.73 Å². The largest absolute Gasteiger partial charge is 0.384 e. The van der Waals surface area contributed by atoms with Crippen LogP contribution < -0.4 is 5.73 Å². The molecule has 268 valence electrons. The molecule has 2 aliphatic heterocycles. The van der Waals surface area contributed by atoms with Crippen molar-refractivity contribution in [3.05, 3.63) is 139 Å². The number of hydrogen-bond acceptors (Lipinski definition) is 3. The summed E-state index contributed by atoms with van der Waals surface area (Å²) in [4.78, 5) is 18.3. The predicted molar refractivity (Wildman–Crippen MR) is 229 cm³/mol. The Balaban J connectivity index is 1.63. The lowest BCUT2D eigenvalue weighted by molar-refractivity contribution is 1.27. The van der Waals surface area contributed by atoms with E-state index >= 15 is 0 Å². The second kappa shape index (κ2) is 13.0. The monoisotopic (exact) mass is 706 g/mol. The standard InChI is InChI=1S/C48H46N6/c1-24-18-27(4)41(28(5)19-24)44-33-10-12-35(51-33)45(42-29(6)20-25(2)21-30(42)7)37-14-16-39(53-37)47(48(49)50)40-17-15-38(54-40)46(36-13-11-34(44)52-36)43-31(8)22-26(3)23-32(43)9/h10-23,51,54H,1-9H3,(H3,49,50). The highest BCUT2D eigenvalue weighted by atomic mass is 14.8. The molecule has 0 amide bonds. The molecule has 6 aromatic rings. The van der Waals surface area contributed by atoms with Gasteiger partial charge in [-0.2, -0.15) is 0 Å². The Morgan fingerprint density at radius 3 is 1.04 bits per heavy atom. The van der Waals surface area contributed by atoms with Crippen LogP contribution >= 0.6 is 0 Å². The van der Waals surface area contributed by atoms with Gasteiger partial charge in [-0.1, -0.05) is 53.1 Å². The van der Waals surface area contributed by atoms with Gasteiger partial charge in [0, 0.05) is 33.2 Å². The highest BCUT2D eigenvalue weighted by molar-refractivity contribution is 6.07. The zero-order valence-corrected chi connectivity index (χ0v) is 32.6.